The van der Waals surface area contributed by atoms with Gasteiger partial charge in [-0.15, -0.1) is 12.4 Å². The largest absolute Gasteiger partial charge is 0.494 e. The number of para-hydroxylation sites is 1. The number of methoxy groups -OCH3 is 1. The summed E-state index contributed by atoms with van der Waals surface area (Å²) in [6.07, 6.45) is 0.974. The highest BCUT2D eigenvalue weighted by Crippen LogP contribution is 2.34. The summed E-state index contributed by atoms with van der Waals surface area (Å²) in [5.41, 5.74) is 3.53. The van der Waals surface area contributed by atoms with Crippen molar-refractivity contribution in [2.24, 2.45) is 0 Å². The molecule has 1 heterocycles. The molecule has 0 atom stereocenters. The first-order valence-corrected chi connectivity index (χ1v) is 10.4. The first-order valence-electron chi connectivity index (χ1n) is 10.4. The summed E-state index contributed by atoms with van der Waals surface area (Å²) in [5.74, 6) is 0.237. The van der Waals surface area contributed by atoms with E-state index in [4.69, 9.17) is 4.74 Å². The number of halogens is 2. The van der Waals surface area contributed by atoms with Crippen LogP contribution in [0.2, 0.25) is 0 Å². The summed E-state index contributed by atoms with van der Waals surface area (Å²) in [4.78, 5) is 18.8. The van der Waals surface area contributed by atoms with E-state index in [1.165, 1.54) is 12.1 Å². The second-order valence-corrected chi connectivity index (χ2v) is 7.62. The van der Waals surface area contributed by atoms with Crippen LogP contribution in [0.4, 0.5) is 21.5 Å². The number of carbonyl (C=O) groups excluding carboxylic acids is 1. The van der Waals surface area contributed by atoms with Crippen molar-refractivity contribution in [2.45, 2.75) is 13.3 Å². The maximum absolute atomic E-state index is 13.5. The molecule has 1 aliphatic heterocycles. The topological polar surface area (TPSA) is 48.1 Å². The van der Waals surface area contributed by atoms with E-state index in [-0.39, 0.29) is 24.1 Å². The van der Waals surface area contributed by atoms with Crippen molar-refractivity contribution < 1.29 is 13.9 Å². The van der Waals surface area contributed by atoms with Crippen LogP contribution in [0.15, 0.2) is 36.4 Å². The van der Waals surface area contributed by atoms with Crippen LogP contribution in [0.3, 0.4) is 0 Å². The zero-order valence-electron chi connectivity index (χ0n) is 18.7. The highest BCUT2D eigenvalue weighted by molar-refractivity contribution is 6.02. The van der Waals surface area contributed by atoms with Gasteiger partial charge >= 0.3 is 0 Å². The Morgan fingerprint density at radius 2 is 1.74 bits per heavy atom. The van der Waals surface area contributed by atoms with Crippen molar-refractivity contribution in [3.05, 3.63) is 47.8 Å². The first-order chi connectivity index (χ1) is 14.5. The van der Waals surface area contributed by atoms with Gasteiger partial charge in [0.05, 0.1) is 29.7 Å². The van der Waals surface area contributed by atoms with E-state index in [0.717, 1.165) is 56.2 Å². The lowest BCUT2D eigenvalue weighted by Crippen LogP contribution is -2.47. The Bertz CT molecular complexity index is 886. The smallest absolute Gasteiger partial charge is 0.255 e. The van der Waals surface area contributed by atoms with Crippen molar-refractivity contribution in [3.63, 3.8) is 0 Å². The van der Waals surface area contributed by atoms with Crippen molar-refractivity contribution >= 4 is 35.4 Å². The quantitative estimate of drug-likeness (QED) is 0.688. The minimum absolute atomic E-state index is 0. The molecule has 2 aromatic carbocycles. The Morgan fingerprint density at radius 3 is 2.32 bits per heavy atom. The minimum Gasteiger partial charge on any atom is -0.494 e. The average molecular weight is 451 g/mol. The summed E-state index contributed by atoms with van der Waals surface area (Å²) in [6, 6.07) is 10.5. The molecular formula is C23H32ClFN4O2. The summed E-state index contributed by atoms with van der Waals surface area (Å²) >= 11 is 0. The van der Waals surface area contributed by atoms with Gasteiger partial charge < -0.3 is 24.8 Å². The lowest BCUT2D eigenvalue weighted by atomic mass is 10.1. The van der Waals surface area contributed by atoms with Crippen LogP contribution < -0.4 is 19.9 Å². The Labute approximate surface area is 190 Å². The van der Waals surface area contributed by atoms with Crippen molar-refractivity contribution in [3.8, 4) is 5.75 Å². The molecule has 170 valence electrons. The highest BCUT2D eigenvalue weighted by atomic mass is 35.5. The van der Waals surface area contributed by atoms with Gasteiger partial charge in [-0.1, -0.05) is 13.0 Å². The summed E-state index contributed by atoms with van der Waals surface area (Å²) < 4.78 is 18.9. The summed E-state index contributed by atoms with van der Waals surface area (Å²) in [6.45, 7) is 6.05. The molecule has 0 saturated carbocycles. The van der Waals surface area contributed by atoms with Gasteiger partial charge in [0.2, 0.25) is 0 Å². The van der Waals surface area contributed by atoms with Gasteiger partial charge in [-0.05, 0) is 30.7 Å². The van der Waals surface area contributed by atoms with Crippen LogP contribution in [-0.4, -0.2) is 64.7 Å². The molecule has 0 spiro atoms. The predicted octanol–water partition coefficient (Wildman–Crippen LogP) is 4.11. The minimum atomic E-state index is -0.303. The zero-order chi connectivity index (χ0) is 21.7. The fourth-order valence-corrected chi connectivity index (χ4v) is 3.76. The van der Waals surface area contributed by atoms with Crippen molar-refractivity contribution in [1.82, 2.24) is 4.90 Å². The Balaban J connectivity index is 0.00000341. The van der Waals surface area contributed by atoms with Gasteiger partial charge in [0.15, 0.2) is 0 Å². The Kier molecular flexibility index (Phi) is 8.80. The Hall–Kier alpha value is -2.67. The molecule has 2 aromatic rings. The third kappa shape index (κ3) is 5.53. The number of carbonyl (C=O) groups is 1. The van der Waals surface area contributed by atoms with E-state index in [2.05, 4.69) is 28.1 Å². The molecular weight excluding hydrogens is 419 g/mol. The van der Waals surface area contributed by atoms with E-state index >= 15 is 0 Å². The standard InChI is InChI=1S/C23H31FN4O2.ClH/c1-5-11-25-22-18(23(29)26(2)3)7-6-8-20(22)28-14-12-27(13-15-28)19-10-9-17(24)16-21(19)30-4;/h6-10,16,25H,5,11-15H2,1-4H3;1H. The van der Waals surface area contributed by atoms with E-state index in [0.29, 0.717) is 11.3 Å². The molecule has 1 N–H and O–H groups in total. The van der Waals surface area contributed by atoms with Crippen LogP contribution in [0, 0.1) is 5.82 Å². The second kappa shape index (κ2) is 11.1. The molecule has 0 bridgehead atoms. The SMILES string of the molecule is CCCNc1c(C(=O)N(C)C)cccc1N1CCN(c2ccc(F)cc2OC)CC1.Cl. The van der Waals surface area contributed by atoms with E-state index < -0.39 is 0 Å². The van der Waals surface area contributed by atoms with Gasteiger partial charge in [0, 0.05) is 52.9 Å². The summed E-state index contributed by atoms with van der Waals surface area (Å²) in [5, 5.41) is 3.47. The number of nitrogens with zero attached hydrogens (tertiary/aromatic N) is 3. The number of benzene rings is 2. The maximum atomic E-state index is 13.5. The maximum Gasteiger partial charge on any atom is 0.255 e. The number of piperazine rings is 1. The molecule has 6 nitrogen and oxygen atoms in total. The summed E-state index contributed by atoms with van der Waals surface area (Å²) in [7, 11) is 5.11. The fourth-order valence-electron chi connectivity index (χ4n) is 3.76. The molecule has 3 rings (SSSR count). The molecule has 1 aliphatic rings. The lowest BCUT2D eigenvalue weighted by molar-refractivity contribution is 0.0828. The van der Waals surface area contributed by atoms with Crippen molar-refractivity contribution in [2.75, 3.05) is 69.0 Å². The molecule has 0 aliphatic carbocycles. The van der Waals surface area contributed by atoms with Crippen molar-refractivity contribution in [1.29, 1.82) is 0 Å². The van der Waals surface area contributed by atoms with Gasteiger partial charge in [0.1, 0.15) is 11.6 Å². The molecule has 0 aromatic heterocycles. The number of amides is 1. The van der Waals surface area contributed by atoms with Gasteiger partial charge in [0.25, 0.3) is 5.91 Å². The van der Waals surface area contributed by atoms with Crippen LogP contribution in [-0.2, 0) is 0 Å². The Morgan fingerprint density at radius 1 is 1.10 bits per heavy atom. The molecule has 0 unspecified atom stereocenters. The third-order valence-corrected chi connectivity index (χ3v) is 5.33. The second-order valence-electron chi connectivity index (χ2n) is 7.62. The number of hydrogen-bond acceptors (Lipinski definition) is 5. The molecule has 1 saturated heterocycles. The van der Waals surface area contributed by atoms with Crippen LogP contribution in [0.5, 0.6) is 5.75 Å². The van der Waals surface area contributed by atoms with E-state index in [9.17, 15) is 9.18 Å². The van der Waals surface area contributed by atoms with Crippen LogP contribution >= 0.6 is 12.4 Å². The fraction of sp³-hybridized carbons (Fsp3) is 0.435. The predicted molar refractivity (Wildman–Crippen MR) is 128 cm³/mol. The number of nitrogens with one attached hydrogen (secondary N) is 1. The monoisotopic (exact) mass is 450 g/mol. The molecule has 1 amide bonds. The van der Waals surface area contributed by atoms with E-state index in [1.807, 2.05) is 12.1 Å². The lowest BCUT2D eigenvalue weighted by Gasteiger charge is -2.39. The first kappa shape index (κ1) is 24.6. The van der Waals surface area contributed by atoms with Gasteiger partial charge in [-0.3, -0.25) is 4.79 Å². The van der Waals surface area contributed by atoms with Gasteiger partial charge in [-0.25, -0.2) is 4.39 Å². The molecule has 8 heteroatoms. The zero-order valence-corrected chi connectivity index (χ0v) is 19.5. The molecule has 31 heavy (non-hydrogen) atoms. The number of hydrogen-bond donors (Lipinski definition) is 1. The normalized spacial score (nSPS) is 13.5. The molecule has 0 radical (unpaired) electrons. The number of ether oxygens (including phenoxy) is 1. The highest BCUT2D eigenvalue weighted by Gasteiger charge is 2.24. The average Bonchev–Trinajstić information content (AvgIpc) is 2.77. The van der Waals surface area contributed by atoms with E-state index in [1.54, 1.807) is 32.2 Å². The van der Waals surface area contributed by atoms with Gasteiger partial charge in [-0.2, -0.15) is 0 Å². The number of anilines is 3. The van der Waals surface area contributed by atoms with Crippen LogP contribution in [0.1, 0.15) is 23.7 Å². The number of rotatable bonds is 7. The van der Waals surface area contributed by atoms with Crippen LogP contribution in [0.25, 0.3) is 0 Å². The third-order valence-electron chi connectivity index (χ3n) is 5.33. The molecule has 1 fully saturated rings.